The standard InChI is InChI=1S/C56H49N4O.Pt/c1-33-25-34(2)27-37(26-33)43-32-48(58-53-41(43)19-14-22-50(53)61)42-20-13-21-49-52(42)59-54(60(49)40-18-12-17-36(28-40)35-15-10-9-11-16-35)46-31-39(56(6,7)8)30-45-44-29-38(55(3,4)5)23-24-47(44)57-51(45)46;/h9-32H,1-8H3,(H-,57,58,59,61);/q-1;. The first-order chi connectivity index (χ1) is 29.2. The van der Waals surface area contributed by atoms with Crippen molar-refractivity contribution in [2.45, 2.75) is 66.2 Å². The maximum absolute atomic E-state index is 11.3. The van der Waals surface area contributed by atoms with Crippen LogP contribution in [0.4, 0.5) is 0 Å². The molecule has 310 valence electrons. The Balaban J connectivity index is 0.00000490. The summed E-state index contributed by atoms with van der Waals surface area (Å²) in [7, 11) is 0. The topological polar surface area (TPSA) is 65.0 Å². The monoisotopic (exact) mass is 988 g/mol. The van der Waals surface area contributed by atoms with Crippen LogP contribution < -0.4 is 4.98 Å². The van der Waals surface area contributed by atoms with Crippen molar-refractivity contribution >= 4 is 43.7 Å². The van der Waals surface area contributed by atoms with E-state index in [0.29, 0.717) is 5.52 Å². The molecule has 0 aliphatic rings. The smallest absolute Gasteiger partial charge is 0.144 e. The third-order valence-electron chi connectivity index (χ3n) is 12.1. The number of pyridine rings is 1. The first-order valence-electron chi connectivity index (χ1n) is 21.2. The molecule has 1 N–H and O–H groups in total. The normalized spacial score (nSPS) is 12.1. The van der Waals surface area contributed by atoms with Crippen molar-refractivity contribution in [1.29, 1.82) is 0 Å². The van der Waals surface area contributed by atoms with E-state index in [1.807, 2.05) is 12.1 Å². The molecule has 0 spiro atoms. The predicted molar refractivity (Wildman–Crippen MR) is 255 cm³/mol. The zero-order valence-corrected chi connectivity index (χ0v) is 38.7. The molecular formula is C56H49N4OPt-. The van der Waals surface area contributed by atoms with E-state index in [9.17, 15) is 5.11 Å². The molecule has 0 aliphatic heterocycles. The fraction of sp³-hybridized carbons (Fsp3) is 0.179. The van der Waals surface area contributed by atoms with Crippen molar-refractivity contribution in [3.05, 3.63) is 168 Å². The van der Waals surface area contributed by atoms with E-state index in [1.165, 1.54) is 22.3 Å². The van der Waals surface area contributed by atoms with E-state index in [-0.39, 0.29) is 37.6 Å². The van der Waals surface area contributed by atoms with Crippen LogP contribution in [0.25, 0.3) is 94.3 Å². The molecule has 0 unspecified atom stereocenters. The van der Waals surface area contributed by atoms with Gasteiger partial charge in [0.25, 0.3) is 0 Å². The summed E-state index contributed by atoms with van der Waals surface area (Å²) in [6.45, 7) is 17.9. The van der Waals surface area contributed by atoms with E-state index >= 15 is 0 Å². The summed E-state index contributed by atoms with van der Waals surface area (Å²) in [5, 5.41) is 14.5. The zero-order chi connectivity index (χ0) is 42.4. The Bertz CT molecular complexity index is 3340. The minimum absolute atomic E-state index is 0. The molecule has 10 rings (SSSR count). The number of aromatic hydroxyl groups is 1. The number of phenols is 1. The molecule has 0 fully saturated rings. The van der Waals surface area contributed by atoms with Crippen LogP contribution in [0.3, 0.4) is 0 Å². The van der Waals surface area contributed by atoms with Crippen molar-refractivity contribution in [3.63, 3.8) is 0 Å². The van der Waals surface area contributed by atoms with Gasteiger partial charge in [-0.15, -0.1) is 11.0 Å². The molecule has 0 bridgehead atoms. The Morgan fingerprint density at radius 3 is 1.95 bits per heavy atom. The second-order valence-electron chi connectivity index (χ2n) is 18.7. The average molecular weight is 989 g/mol. The Kier molecular flexibility index (Phi) is 10.1. The van der Waals surface area contributed by atoms with Crippen LogP contribution in [-0.2, 0) is 31.9 Å². The molecule has 0 atom stereocenters. The number of hydrogen-bond donors (Lipinski definition) is 1. The number of imidazole rings is 1. The van der Waals surface area contributed by atoms with Crippen molar-refractivity contribution in [2.75, 3.05) is 0 Å². The van der Waals surface area contributed by atoms with E-state index in [0.717, 1.165) is 88.8 Å². The first-order valence-corrected chi connectivity index (χ1v) is 21.2. The third-order valence-corrected chi connectivity index (χ3v) is 12.1. The largest absolute Gasteiger partial charge is 0.656 e. The van der Waals surface area contributed by atoms with Crippen molar-refractivity contribution in [2.24, 2.45) is 0 Å². The number of aryl methyl sites for hydroxylation is 2. The Morgan fingerprint density at radius 1 is 0.516 bits per heavy atom. The van der Waals surface area contributed by atoms with Gasteiger partial charge >= 0.3 is 0 Å². The van der Waals surface area contributed by atoms with Crippen LogP contribution in [0.5, 0.6) is 5.75 Å². The second-order valence-corrected chi connectivity index (χ2v) is 18.7. The van der Waals surface area contributed by atoms with Gasteiger partial charge in [-0.3, -0.25) is 4.57 Å². The quantitative estimate of drug-likeness (QED) is 0.187. The van der Waals surface area contributed by atoms with Gasteiger partial charge in [0.2, 0.25) is 0 Å². The number of para-hydroxylation sites is 2. The van der Waals surface area contributed by atoms with Gasteiger partial charge in [-0.05, 0) is 105 Å². The van der Waals surface area contributed by atoms with Crippen LogP contribution >= 0.6 is 0 Å². The van der Waals surface area contributed by atoms with E-state index < -0.39 is 0 Å². The number of fused-ring (bicyclic) bond motifs is 5. The first kappa shape index (κ1) is 41.1. The van der Waals surface area contributed by atoms with Gasteiger partial charge in [0.1, 0.15) is 17.1 Å². The summed E-state index contributed by atoms with van der Waals surface area (Å²) >= 11 is 0. The summed E-state index contributed by atoms with van der Waals surface area (Å²) in [5.41, 5.74) is 16.9. The molecule has 6 heteroatoms. The van der Waals surface area contributed by atoms with Crippen LogP contribution in [0.1, 0.15) is 63.8 Å². The molecule has 3 aromatic heterocycles. The summed E-state index contributed by atoms with van der Waals surface area (Å²) in [6, 6.07) is 51.4. The number of benzene rings is 7. The molecule has 0 radical (unpaired) electrons. The van der Waals surface area contributed by atoms with Crippen molar-refractivity contribution < 1.29 is 26.2 Å². The van der Waals surface area contributed by atoms with Gasteiger partial charge in [0.05, 0.1) is 16.7 Å². The SMILES string of the molecule is Cc1cc(C)cc(-c2cc(-c3cccc4c3nc(-c3cc(C(C)(C)C)cc5c3[n-]c3ccc(C(C)(C)C)cc35)n4-c3cccc(-c4ccccc4)c3)nc3c(O)cccc23)c1.[Pt]. The summed E-state index contributed by atoms with van der Waals surface area (Å²) in [5.74, 6) is 0.951. The van der Waals surface area contributed by atoms with Crippen molar-refractivity contribution in [1.82, 2.24) is 19.5 Å². The third kappa shape index (κ3) is 7.13. The zero-order valence-electron chi connectivity index (χ0n) is 36.4. The number of phenolic OH excluding ortho intramolecular Hbond substituents is 1. The molecule has 7 aromatic carbocycles. The Hall–Kier alpha value is -6.29. The molecule has 0 aliphatic carbocycles. The van der Waals surface area contributed by atoms with Crippen molar-refractivity contribution in [3.8, 4) is 56.3 Å². The second kappa shape index (κ2) is 15.3. The molecule has 0 saturated heterocycles. The van der Waals surface area contributed by atoms with Crippen LogP contribution in [0.2, 0.25) is 0 Å². The van der Waals surface area contributed by atoms with E-state index in [1.54, 1.807) is 6.07 Å². The number of hydrogen-bond acceptors (Lipinski definition) is 3. The molecular weight excluding hydrogens is 940 g/mol. The summed E-state index contributed by atoms with van der Waals surface area (Å²) in [4.78, 5) is 16.3. The minimum atomic E-state index is -0.148. The molecule has 5 nitrogen and oxygen atoms in total. The molecule has 10 aromatic rings. The average Bonchev–Trinajstić information content (AvgIpc) is 3.81. The van der Waals surface area contributed by atoms with E-state index in [4.69, 9.17) is 15.0 Å². The van der Waals surface area contributed by atoms with Gasteiger partial charge in [0, 0.05) is 43.3 Å². The van der Waals surface area contributed by atoms with Crippen LogP contribution in [0, 0.1) is 13.8 Å². The predicted octanol–water partition coefficient (Wildman–Crippen LogP) is 14.4. The Labute approximate surface area is 377 Å². The minimum Gasteiger partial charge on any atom is -0.656 e. The fourth-order valence-corrected chi connectivity index (χ4v) is 8.94. The van der Waals surface area contributed by atoms with Crippen LogP contribution in [0.15, 0.2) is 146 Å². The number of rotatable bonds is 5. The summed E-state index contributed by atoms with van der Waals surface area (Å²) < 4.78 is 2.30. The van der Waals surface area contributed by atoms with Gasteiger partial charge in [-0.2, -0.15) is 0 Å². The maximum Gasteiger partial charge on any atom is 0.144 e. The number of aromatic nitrogens is 4. The van der Waals surface area contributed by atoms with Gasteiger partial charge < -0.3 is 10.1 Å². The molecule has 0 saturated carbocycles. The Morgan fingerprint density at radius 2 is 1.21 bits per heavy atom. The molecule has 62 heavy (non-hydrogen) atoms. The van der Waals surface area contributed by atoms with Gasteiger partial charge in [-0.1, -0.05) is 162 Å². The van der Waals surface area contributed by atoms with Gasteiger partial charge in [-0.25, -0.2) is 9.97 Å². The van der Waals surface area contributed by atoms with E-state index in [2.05, 4.69) is 187 Å². The molecule has 3 heterocycles. The van der Waals surface area contributed by atoms with Gasteiger partial charge in [0.15, 0.2) is 0 Å². The number of nitrogens with zero attached hydrogens (tertiary/aromatic N) is 4. The fourth-order valence-electron chi connectivity index (χ4n) is 8.94. The van der Waals surface area contributed by atoms with Crippen LogP contribution in [-0.4, -0.2) is 19.6 Å². The molecule has 0 amide bonds. The summed E-state index contributed by atoms with van der Waals surface area (Å²) in [6.07, 6.45) is 0. The maximum atomic E-state index is 11.3.